The molecule has 108 valence electrons. The van der Waals surface area contributed by atoms with Gasteiger partial charge in [-0.3, -0.25) is 10.2 Å². The molecule has 0 bridgehead atoms. The molecule has 1 heterocycles. The molecule has 3 atom stereocenters. The molecule has 2 aliphatic rings. The molecule has 1 aliphatic carbocycles. The largest absolute Gasteiger partial charge is 0.299 e. The normalized spacial score (nSPS) is 31.2. The van der Waals surface area contributed by atoms with Gasteiger partial charge in [-0.25, -0.2) is 0 Å². The fourth-order valence-electron chi connectivity index (χ4n) is 3.86. The van der Waals surface area contributed by atoms with E-state index < -0.39 is 0 Å². The number of piperidine rings is 1. The lowest BCUT2D eigenvalue weighted by Crippen LogP contribution is -2.56. The summed E-state index contributed by atoms with van der Waals surface area (Å²) >= 11 is 0. The van der Waals surface area contributed by atoms with Gasteiger partial charge in [-0.15, -0.1) is 0 Å². The van der Waals surface area contributed by atoms with Crippen LogP contribution in [0.15, 0.2) is 0 Å². The monoisotopic (exact) mass is 263 g/mol. The maximum absolute atomic E-state index is 9.50. The molecular formula is C16H29N3. The van der Waals surface area contributed by atoms with E-state index in [1.165, 1.54) is 45.1 Å². The maximum atomic E-state index is 9.50. The first-order valence-electron chi connectivity index (χ1n) is 8.09. The van der Waals surface area contributed by atoms with Crippen molar-refractivity contribution in [1.82, 2.24) is 10.2 Å². The van der Waals surface area contributed by atoms with Crippen molar-refractivity contribution in [3.05, 3.63) is 0 Å². The molecule has 3 heteroatoms. The van der Waals surface area contributed by atoms with Gasteiger partial charge in [0, 0.05) is 12.6 Å². The van der Waals surface area contributed by atoms with Crippen molar-refractivity contribution in [2.75, 3.05) is 19.6 Å². The van der Waals surface area contributed by atoms with E-state index in [-0.39, 0.29) is 5.54 Å². The molecule has 2 rings (SSSR count). The number of hydrogen-bond donors (Lipinski definition) is 1. The first-order valence-corrected chi connectivity index (χ1v) is 8.09. The van der Waals surface area contributed by atoms with Gasteiger partial charge in [-0.05, 0) is 58.0 Å². The molecule has 0 spiro atoms. The maximum Gasteiger partial charge on any atom is 0.116 e. The Balaban J connectivity index is 1.97. The summed E-state index contributed by atoms with van der Waals surface area (Å²) in [6.45, 7) is 7.24. The van der Waals surface area contributed by atoms with E-state index in [4.69, 9.17) is 0 Å². The van der Waals surface area contributed by atoms with Gasteiger partial charge in [0.05, 0.1) is 6.07 Å². The molecule has 1 saturated carbocycles. The third-order valence-corrected chi connectivity index (χ3v) is 4.89. The average Bonchev–Trinajstić information content (AvgIpc) is 2.46. The molecule has 1 saturated heterocycles. The first kappa shape index (κ1) is 14.8. The standard InChI is InChI=1S/C16H29N3/c1-3-10-18-16(2,12-17)13-19-11-6-8-14-7-4-5-9-15(14)19/h14-15,18H,3-11,13H2,1-2H3/t14-,15-,16?/m1/s1. The number of fused-ring (bicyclic) bond motifs is 1. The van der Waals surface area contributed by atoms with E-state index in [1.807, 2.05) is 0 Å². The molecule has 0 radical (unpaired) electrons. The number of nitriles is 1. The van der Waals surface area contributed by atoms with Gasteiger partial charge >= 0.3 is 0 Å². The summed E-state index contributed by atoms with van der Waals surface area (Å²) in [5.41, 5.74) is -0.380. The van der Waals surface area contributed by atoms with Gasteiger partial charge in [-0.1, -0.05) is 19.8 Å². The van der Waals surface area contributed by atoms with Crippen molar-refractivity contribution in [2.45, 2.75) is 70.4 Å². The van der Waals surface area contributed by atoms with E-state index in [0.717, 1.165) is 31.5 Å². The van der Waals surface area contributed by atoms with Crippen molar-refractivity contribution in [1.29, 1.82) is 5.26 Å². The van der Waals surface area contributed by atoms with E-state index in [2.05, 4.69) is 30.1 Å². The van der Waals surface area contributed by atoms with Crippen LogP contribution in [0.4, 0.5) is 0 Å². The number of nitrogens with zero attached hydrogens (tertiary/aromatic N) is 2. The Morgan fingerprint density at radius 3 is 2.74 bits per heavy atom. The van der Waals surface area contributed by atoms with Gasteiger partial charge in [0.1, 0.15) is 5.54 Å². The zero-order chi connectivity index (χ0) is 13.7. The highest BCUT2D eigenvalue weighted by atomic mass is 15.2. The van der Waals surface area contributed by atoms with Crippen LogP contribution in [-0.2, 0) is 0 Å². The van der Waals surface area contributed by atoms with Crippen LogP contribution >= 0.6 is 0 Å². The van der Waals surface area contributed by atoms with Crippen LogP contribution in [-0.4, -0.2) is 36.1 Å². The van der Waals surface area contributed by atoms with Crippen LogP contribution in [0.1, 0.15) is 58.8 Å². The highest BCUT2D eigenvalue weighted by Gasteiger charge is 2.36. The molecule has 2 fully saturated rings. The Hall–Kier alpha value is -0.590. The summed E-state index contributed by atoms with van der Waals surface area (Å²) in [5.74, 6) is 0.900. The molecule has 0 aromatic rings. The highest BCUT2D eigenvalue weighted by Crippen LogP contribution is 2.35. The number of nitrogens with one attached hydrogen (secondary N) is 1. The van der Waals surface area contributed by atoms with Crippen molar-refractivity contribution in [3.8, 4) is 6.07 Å². The van der Waals surface area contributed by atoms with Crippen LogP contribution in [0.25, 0.3) is 0 Å². The Morgan fingerprint density at radius 2 is 2.00 bits per heavy atom. The molecule has 0 amide bonds. The van der Waals surface area contributed by atoms with Crippen LogP contribution in [0.5, 0.6) is 0 Å². The summed E-state index contributed by atoms with van der Waals surface area (Å²) < 4.78 is 0. The molecule has 1 N–H and O–H groups in total. The Kier molecular flexibility index (Phi) is 5.24. The van der Waals surface area contributed by atoms with Crippen LogP contribution in [0.3, 0.4) is 0 Å². The van der Waals surface area contributed by atoms with Crippen molar-refractivity contribution in [2.24, 2.45) is 5.92 Å². The second-order valence-corrected chi connectivity index (χ2v) is 6.60. The Morgan fingerprint density at radius 1 is 1.26 bits per heavy atom. The lowest BCUT2D eigenvalue weighted by atomic mass is 9.78. The molecule has 0 aromatic carbocycles. The van der Waals surface area contributed by atoms with Gasteiger partial charge in [0.2, 0.25) is 0 Å². The predicted molar refractivity (Wildman–Crippen MR) is 78.9 cm³/mol. The average molecular weight is 263 g/mol. The van der Waals surface area contributed by atoms with E-state index in [1.54, 1.807) is 0 Å². The zero-order valence-corrected chi connectivity index (χ0v) is 12.6. The van der Waals surface area contributed by atoms with Gasteiger partial charge in [0.15, 0.2) is 0 Å². The third-order valence-electron chi connectivity index (χ3n) is 4.89. The second kappa shape index (κ2) is 6.72. The molecule has 1 aliphatic heterocycles. The molecule has 19 heavy (non-hydrogen) atoms. The smallest absolute Gasteiger partial charge is 0.116 e. The zero-order valence-electron chi connectivity index (χ0n) is 12.6. The number of rotatable bonds is 5. The minimum absolute atomic E-state index is 0.380. The van der Waals surface area contributed by atoms with Gasteiger partial charge in [0.25, 0.3) is 0 Å². The fraction of sp³-hybridized carbons (Fsp3) is 0.938. The SMILES string of the molecule is CCCNC(C)(C#N)CN1CCC[C@H]2CCCC[C@H]21. The summed E-state index contributed by atoms with van der Waals surface area (Å²) in [4.78, 5) is 2.61. The quantitative estimate of drug-likeness (QED) is 0.829. The number of likely N-dealkylation sites (tertiary alicyclic amines) is 1. The van der Waals surface area contributed by atoms with Crippen molar-refractivity contribution >= 4 is 0 Å². The predicted octanol–water partition coefficient (Wildman–Crippen LogP) is 2.92. The van der Waals surface area contributed by atoms with E-state index in [9.17, 15) is 5.26 Å². The first-order chi connectivity index (χ1) is 9.18. The summed E-state index contributed by atoms with van der Waals surface area (Å²) in [5, 5.41) is 12.9. The fourth-order valence-corrected chi connectivity index (χ4v) is 3.86. The molecule has 1 unspecified atom stereocenters. The van der Waals surface area contributed by atoms with Crippen LogP contribution < -0.4 is 5.32 Å². The molecule has 3 nitrogen and oxygen atoms in total. The summed E-state index contributed by atoms with van der Waals surface area (Å²) in [7, 11) is 0. The summed E-state index contributed by atoms with van der Waals surface area (Å²) in [6.07, 6.45) is 9.36. The van der Waals surface area contributed by atoms with E-state index in [0.29, 0.717) is 0 Å². The van der Waals surface area contributed by atoms with Crippen molar-refractivity contribution < 1.29 is 0 Å². The number of hydrogen-bond acceptors (Lipinski definition) is 3. The third kappa shape index (κ3) is 3.70. The second-order valence-electron chi connectivity index (χ2n) is 6.60. The minimum atomic E-state index is -0.380. The Bertz CT molecular complexity index is 320. The van der Waals surface area contributed by atoms with Gasteiger partial charge in [-0.2, -0.15) is 5.26 Å². The van der Waals surface area contributed by atoms with Crippen LogP contribution in [0.2, 0.25) is 0 Å². The van der Waals surface area contributed by atoms with Crippen molar-refractivity contribution in [3.63, 3.8) is 0 Å². The highest BCUT2D eigenvalue weighted by molar-refractivity contribution is 5.07. The van der Waals surface area contributed by atoms with E-state index >= 15 is 0 Å². The lowest BCUT2D eigenvalue weighted by Gasteiger charge is -2.46. The lowest BCUT2D eigenvalue weighted by molar-refractivity contribution is 0.0468. The Labute approximate surface area is 118 Å². The minimum Gasteiger partial charge on any atom is -0.299 e. The van der Waals surface area contributed by atoms with Gasteiger partial charge < -0.3 is 0 Å². The summed E-state index contributed by atoms with van der Waals surface area (Å²) in [6, 6.07) is 3.25. The van der Waals surface area contributed by atoms with Crippen LogP contribution in [0, 0.1) is 17.2 Å². The molecule has 0 aromatic heterocycles. The topological polar surface area (TPSA) is 39.1 Å². The molecular weight excluding hydrogens is 234 g/mol.